The molecule has 1 heterocycles. The van der Waals surface area contributed by atoms with Crippen molar-refractivity contribution in [3.63, 3.8) is 0 Å². The fourth-order valence-corrected chi connectivity index (χ4v) is 0.794. The number of likely N-dealkylation sites (N-methyl/N-ethyl adjacent to an activating group) is 1. The maximum absolute atomic E-state index is 4.98. The normalized spacial score (nSPS) is 10.2. The van der Waals surface area contributed by atoms with E-state index in [0.717, 1.165) is 24.3 Å². The molecular formula is C7H12N2O. The SMILES string of the molecule is CNCCc1oncc1C. The molecule has 56 valence electrons. The summed E-state index contributed by atoms with van der Waals surface area (Å²) in [5.41, 5.74) is 1.13. The third-order valence-corrected chi connectivity index (χ3v) is 1.45. The molecule has 1 aromatic heterocycles. The molecule has 0 amide bonds. The van der Waals surface area contributed by atoms with Gasteiger partial charge in [-0.3, -0.25) is 0 Å². The quantitative estimate of drug-likeness (QED) is 0.673. The standard InChI is InChI=1S/C7H12N2O/c1-6-5-9-10-7(6)3-4-8-2/h5,8H,3-4H2,1-2H3. The first-order chi connectivity index (χ1) is 4.84. The highest BCUT2D eigenvalue weighted by Crippen LogP contribution is 2.05. The van der Waals surface area contributed by atoms with Crippen molar-refractivity contribution in [3.8, 4) is 0 Å². The Labute approximate surface area is 60.4 Å². The number of hydrogen-bond donors (Lipinski definition) is 1. The second kappa shape index (κ2) is 3.37. The van der Waals surface area contributed by atoms with Gasteiger partial charge < -0.3 is 9.84 Å². The fraction of sp³-hybridized carbons (Fsp3) is 0.571. The summed E-state index contributed by atoms with van der Waals surface area (Å²) in [7, 11) is 1.92. The van der Waals surface area contributed by atoms with Gasteiger partial charge in [0.15, 0.2) is 0 Å². The van der Waals surface area contributed by atoms with Crippen molar-refractivity contribution in [2.45, 2.75) is 13.3 Å². The molecule has 0 saturated heterocycles. The van der Waals surface area contributed by atoms with Crippen LogP contribution in [0.15, 0.2) is 10.7 Å². The molecule has 0 aliphatic carbocycles. The largest absolute Gasteiger partial charge is 0.361 e. The predicted molar refractivity (Wildman–Crippen MR) is 38.9 cm³/mol. The van der Waals surface area contributed by atoms with Crippen molar-refractivity contribution in [2.75, 3.05) is 13.6 Å². The number of hydrogen-bond acceptors (Lipinski definition) is 3. The molecule has 0 fully saturated rings. The van der Waals surface area contributed by atoms with Gasteiger partial charge in [0, 0.05) is 18.5 Å². The van der Waals surface area contributed by atoms with Crippen LogP contribution in [0.3, 0.4) is 0 Å². The second-order valence-electron chi connectivity index (χ2n) is 2.29. The highest BCUT2D eigenvalue weighted by Gasteiger charge is 2.00. The van der Waals surface area contributed by atoms with Gasteiger partial charge in [-0.1, -0.05) is 5.16 Å². The van der Waals surface area contributed by atoms with Crippen LogP contribution in [0.25, 0.3) is 0 Å². The molecule has 10 heavy (non-hydrogen) atoms. The van der Waals surface area contributed by atoms with Crippen LogP contribution in [-0.2, 0) is 6.42 Å². The summed E-state index contributed by atoms with van der Waals surface area (Å²) in [6, 6.07) is 0. The van der Waals surface area contributed by atoms with Crippen molar-refractivity contribution in [3.05, 3.63) is 17.5 Å². The number of rotatable bonds is 3. The molecule has 3 heteroatoms. The van der Waals surface area contributed by atoms with Gasteiger partial charge in [0.25, 0.3) is 0 Å². The predicted octanol–water partition coefficient (Wildman–Crippen LogP) is 0.745. The van der Waals surface area contributed by atoms with Crippen LogP contribution in [0.1, 0.15) is 11.3 Å². The lowest BCUT2D eigenvalue weighted by Gasteiger charge is -1.94. The molecule has 0 bridgehead atoms. The Balaban J connectivity index is 2.49. The number of nitrogens with zero attached hydrogens (tertiary/aromatic N) is 1. The van der Waals surface area contributed by atoms with Gasteiger partial charge in [0.1, 0.15) is 5.76 Å². The average Bonchev–Trinajstić information content (AvgIpc) is 2.31. The van der Waals surface area contributed by atoms with Crippen LogP contribution in [0, 0.1) is 6.92 Å². The molecule has 1 rings (SSSR count). The van der Waals surface area contributed by atoms with E-state index in [1.807, 2.05) is 14.0 Å². The summed E-state index contributed by atoms with van der Waals surface area (Å²) in [6.07, 6.45) is 2.66. The summed E-state index contributed by atoms with van der Waals surface area (Å²) in [5.74, 6) is 0.981. The van der Waals surface area contributed by atoms with Crippen molar-refractivity contribution >= 4 is 0 Å². The van der Waals surface area contributed by atoms with Gasteiger partial charge in [-0.2, -0.15) is 0 Å². The summed E-state index contributed by atoms with van der Waals surface area (Å²) in [5, 5.41) is 6.72. The zero-order chi connectivity index (χ0) is 7.40. The zero-order valence-electron chi connectivity index (χ0n) is 6.35. The Morgan fingerprint density at radius 3 is 3.00 bits per heavy atom. The van der Waals surface area contributed by atoms with Gasteiger partial charge in [-0.15, -0.1) is 0 Å². The summed E-state index contributed by atoms with van der Waals surface area (Å²) in [4.78, 5) is 0. The van der Waals surface area contributed by atoms with Crippen LogP contribution >= 0.6 is 0 Å². The zero-order valence-corrected chi connectivity index (χ0v) is 6.35. The summed E-state index contributed by atoms with van der Waals surface area (Å²) < 4.78 is 4.98. The first-order valence-corrected chi connectivity index (χ1v) is 3.39. The molecule has 0 aliphatic rings. The number of aryl methyl sites for hydroxylation is 1. The van der Waals surface area contributed by atoms with E-state index in [9.17, 15) is 0 Å². The fourth-order valence-electron chi connectivity index (χ4n) is 0.794. The molecule has 1 N–H and O–H groups in total. The highest BCUT2D eigenvalue weighted by molar-refractivity contribution is 5.10. The first kappa shape index (κ1) is 7.28. The minimum absolute atomic E-state index is 0.919. The third kappa shape index (κ3) is 1.57. The maximum atomic E-state index is 4.98. The van der Waals surface area contributed by atoms with E-state index in [1.54, 1.807) is 6.20 Å². The number of nitrogens with one attached hydrogen (secondary N) is 1. The van der Waals surface area contributed by atoms with Crippen molar-refractivity contribution in [1.29, 1.82) is 0 Å². The Morgan fingerprint density at radius 1 is 1.70 bits per heavy atom. The van der Waals surface area contributed by atoms with E-state index in [2.05, 4.69) is 10.5 Å². The third-order valence-electron chi connectivity index (χ3n) is 1.45. The maximum Gasteiger partial charge on any atom is 0.140 e. The molecule has 3 nitrogen and oxygen atoms in total. The van der Waals surface area contributed by atoms with E-state index in [4.69, 9.17) is 4.52 Å². The molecule has 0 atom stereocenters. The lowest BCUT2D eigenvalue weighted by Crippen LogP contribution is -2.10. The molecule has 0 saturated carbocycles. The van der Waals surface area contributed by atoms with Gasteiger partial charge >= 0.3 is 0 Å². The van der Waals surface area contributed by atoms with Crippen molar-refractivity contribution in [1.82, 2.24) is 10.5 Å². The summed E-state index contributed by atoms with van der Waals surface area (Å²) in [6.45, 7) is 2.94. The van der Waals surface area contributed by atoms with Gasteiger partial charge in [0.05, 0.1) is 6.20 Å². The summed E-state index contributed by atoms with van der Waals surface area (Å²) >= 11 is 0. The molecule has 0 unspecified atom stereocenters. The molecule has 1 aromatic rings. The molecule has 0 aliphatic heterocycles. The molecule has 0 aromatic carbocycles. The van der Waals surface area contributed by atoms with Crippen LogP contribution in [-0.4, -0.2) is 18.7 Å². The van der Waals surface area contributed by atoms with E-state index in [-0.39, 0.29) is 0 Å². The van der Waals surface area contributed by atoms with Gasteiger partial charge in [-0.05, 0) is 14.0 Å². The Hall–Kier alpha value is -0.830. The molecular weight excluding hydrogens is 128 g/mol. The Kier molecular flexibility index (Phi) is 2.45. The molecule has 0 spiro atoms. The number of aromatic nitrogens is 1. The minimum atomic E-state index is 0.919. The van der Waals surface area contributed by atoms with Crippen LogP contribution < -0.4 is 5.32 Å². The van der Waals surface area contributed by atoms with E-state index in [1.165, 1.54) is 0 Å². The molecule has 0 radical (unpaired) electrons. The Bertz CT molecular complexity index is 195. The van der Waals surface area contributed by atoms with Crippen LogP contribution in [0.2, 0.25) is 0 Å². The van der Waals surface area contributed by atoms with Crippen molar-refractivity contribution < 1.29 is 4.52 Å². The first-order valence-electron chi connectivity index (χ1n) is 3.39. The highest BCUT2D eigenvalue weighted by atomic mass is 16.5. The van der Waals surface area contributed by atoms with E-state index >= 15 is 0 Å². The lowest BCUT2D eigenvalue weighted by molar-refractivity contribution is 0.381. The van der Waals surface area contributed by atoms with Crippen LogP contribution in [0.4, 0.5) is 0 Å². The lowest BCUT2D eigenvalue weighted by atomic mass is 10.2. The van der Waals surface area contributed by atoms with Gasteiger partial charge in [-0.25, -0.2) is 0 Å². The second-order valence-corrected chi connectivity index (χ2v) is 2.29. The van der Waals surface area contributed by atoms with Crippen LogP contribution in [0.5, 0.6) is 0 Å². The van der Waals surface area contributed by atoms with E-state index < -0.39 is 0 Å². The van der Waals surface area contributed by atoms with Gasteiger partial charge in [0.2, 0.25) is 0 Å². The average molecular weight is 140 g/mol. The monoisotopic (exact) mass is 140 g/mol. The van der Waals surface area contributed by atoms with Crippen molar-refractivity contribution in [2.24, 2.45) is 0 Å². The Morgan fingerprint density at radius 2 is 2.50 bits per heavy atom. The smallest absolute Gasteiger partial charge is 0.140 e. The minimum Gasteiger partial charge on any atom is -0.361 e. The topological polar surface area (TPSA) is 38.1 Å². The van der Waals surface area contributed by atoms with E-state index in [0.29, 0.717) is 0 Å².